The highest BCUT2D eigenvalue weighted by molar-refractivity contribution is 8.26. The Kier molecular flexibility index (Phi) is 6.50. The minimum Gasteiger partial charge on any atom is -0.490 e. The van der Waals surface area contributed by atoms with Gasteiger partial charge in [0.25, 0.3) is 11.6 Å². The third-order valence-corrected chi connectivity index (χ3v) is 5.58. The fourth-order valence-electron chi connectivity index (χ4n) is 2.57. The first-order valence-electron chi connectivity index (χ1n) is 8.73. The number of nitro groups is 1. The molecule has 0 bridgehead atoms. The van der Waals surface area contributed by atoms with Gasteiger partial charge in [0.2, 0.25) is 0 Å². The second-order valence-corrected chi connectivity index (χ2v) is 7.77. The molecule has 1 fully saturated rings. The number of likely N-dealkylation sites (N-methyl/N-ethyl adjacent to an activating group) is 1. The Morgan fingerprint density at radius 3 is 2.48 bits per heavy atom. The van der Waals surface area contributed by atoms with E-state index in [1.54, 1.807) is 37.4 Å². The number of hydrogen-bond acceptors (Lipinski definition) is 7. The van der Waals surface area contributed by atoms with Crippen LogP contribution in [-0.2, 0) is 11.4 Å². The zero-order valence-electron chi connectivity index (χ0n) is 15.8. The molecule has 2 aromatic carbocycles. The minimum atomic E-state index is -0.442. The van der Waals surface area contributed by atoms with Crippen LogP contribution >= 0.6 is 24.0 Å². The summed E-state index contributed by atoms with van der Waals surface area (Å²) in [7, 11) is 1.65. The van der Waals surface area contributed by atoms with Crippen molar-refractivity contribution in [3.63, 3.8) is 0 Å². The van der Waals surface area contributed by atoms with Crippen LogP contribution in [0.5, 0.6) is 11.5 Å². The largest absolute Gasteiger partial charge is 0.490 e. The highest BCUT2D eigenvalue weighted by Crippen LogP contribution is 2.34. The number of amides is 1. The van der Waals surface area contributed by atoms with Crippen LogP contribution in [0.15, 0.2) is 47.4 Å². The summed E-state index contributed by atoms with van der Waals surface area (Å²) in [5.41, 5.74) is 1.63. The number of hydrogen-bond donors (Lipinski definition) is 0. The topological polar surface area (TPSA) is 81.9 Å². The summed E-state index contributed by atoms with van der Waals surface area (Å²) in [5, 5.41) is 10.7. The van der Waals surface area contributed by atoms with Crippen molar-refractivity contribution >= 4 is 46.0 Å². The van der Waals surface area contributed by atoms with Crippen LogP contribution in [0, 0.1) is 10.1 Å². The lowest BCUT2D eigenvalue weighted by molar-refractivity contribution is -0.384. The number of nitrogens with zero attached hydrogens (tertiary/aromatic N) is 2. The average molecular weight is 431 g/mol. The van der Waals surface area contributed by atoms with Gasteiger partial charge in [-0.3, -0.25) is 19.8 Å². The number of thiocarbonyl (C=S) groups is 1. The zero-order chi connectivity index (χ0) is 21.0. The summed E-state index contributed by atoms with van der Waals surface area (Å²) in [4.78, 5) is 24.5. The molecule has 1 saturated heterocycles. The van der Waals surface area contributed by atoms with E-state index in [1.165, 1.54) is 28.8 Å². The van der Waals surface area contributed by atoms with Crippen molar-refractivity contribution in [2.75, 3.05) is 13.7 Å². The number of carbonyl (C=O) groups is 1. The van der Waals surface area contributed by atoms with E-state index in [0.29, 0.717) is 27.3 Å². The van der Waals surface area contributed by atoms with Gasteiger partial charge in [-0.1, -0.05) is 30.0 Å². The fraction of sp³-hybridized carbons (Fsp3) is 0.200. The SMILES string of the molecule is CCOc1cc(/C=C2\SC(=S)N(C)C2=O)ccc1OCc1ccc([N+](=O)[O-])cc1. The maximum Gasteiger partial charge on any atom is 0.269 e. The van der Waals surface area contributed by atoms with E-state index in [-0.39, 0.29) is 18.2 Å². The van der Waals surface area contributed by atoms with Crippen molar-refractivity contribution in [3.05, 3.63) is 68.6 Å². The predicted molar refractivity (Wildman–Crippen MR) is 116 cm³/mol. The quantitative estimate of drug-likeness (QED) is 0.279. The Balaban J connectivity index is 1.76. The molecule has 0 atom stereocenters. The maximum atomic E-state index is 12.2. The first kappa shape index (κ1) is 20.8. The van der Waals surface area contributed by atoms with Gasteiger partial charge in [-0.25, -0.2) is 0 Å². The van der Waals surface area contributed by atoms with Crippen LogP contribution in [0.1, 0.15) is 18.1 Å². The first-order chi connectivity index (χ1) is 13.9. The van der Waals surface area contributed by atoms with E-state index in [2.05, 4.69) is 0 Å². The molecule has 0 unspecified atom stereocenters. The molecule has 1 heterocycles. The molecule has 0 aromatic heterocycles. The molecular formula is C20H18N2O5S2. The average Bonchev–Trinajstić information content (AvgIpc) is 2.94. The van der Waals surface area contributed by atoms with Gasteiger partial charge in [-0.05, 0) is 48.4 Å². The highest BCUT2D eigenvalue weighted by Gasteiger charge is 2.28. The fourth-order valence-corrected chi connectivity index (χ4v) is 3.75. The van der Waals surface area contributed by atoms with E-state index >= 15 is 0 Å². The summed E-state index contributed by atoms with van der Waals surface area (Å²) >= 11 is 6.41. The Labute approximate surface area is 177 Å². The molecule has 3 rings (SSSR count). The van der Waals surface area contributed by atoms with E-state index in [9.17, 15) is 14.9 Å². The molecule has 0 saturated carbocycles. The van der Waals surface area contributed by atoms with E-state index in [4.69, 9.17) is 21.7 Å². The lowest BCUT2D eigenvalue weighted by atomic mass is 10.1. The van der Waals surface area contributed by atoms with Gasteiger partial charge in [0.15, 0.2) is 11.5 Å². The standard InChI is InChI=1S/C20H18N2O5S2/c1-3-26-17-10-14(11-18-19(23)21(2)20(28)29-18)6-9-16(17)27-12-13-4-7-15(8-5-13)22(24)25/h4-11H,3,12H2,1-2H3/b18-11-. The number of nitro benzene ring substituents is 1. The van der Waals surface area contributed by atoms with Gasteiger partial charge in [-0.15, -0.1) is 0 Å². The van der Waals surface area contributed by atoms with Gasteiger partial charge < -0.3 is 9.47 Å². The van der Waals surface area contributed by atoms with Crippen LogP contribution in [-0.4, -0.2) is 33.7 Å². The molecule has 29 heavy (non-hydrogen) atoms. The molecule has 150 valence electrons. The third kappa shape index (κ3) is 4.93. The summed E-state index contributed by atoms with van der Waals surface area (Å²) in [5.74, 6) is 0.969. The van der Waals surface area contributed by atoms with Crippen molar-refractivity contribution in [1.29, 1.82) is 0 Å². The van der Waals surface area contributed by atoms with Gasteiger partial charge in [0.1, 0.15) is 10.9 Å². The first-order valence-corrected chi connectivity index (χ1v) is 9.96. The van der Waals surface area contributed by atoms with Gasteiger partial charge in [-0.2, -0.15) is 0 Å². The Morgan fingerprint density at radius 2 is 1.90 bits per heavy atom. The van der Waals surface area contributed by atoms with E-state index in [0.717, 1.165) is 11.1 Å². The molecular weight excluding hydrogens is 412 g/mol. The maximum absolute atomic E-state index is 12.2. The molecule has 0 aliphatic carbocycles. The number of rotatable bonds is 7. The van der Waals surface area contributed by atoms with Crippen LogP contribution in [0.3, 0.4) is 0 Å². The van der Waals surface area contributed by atoms with Crippen molar-refractivity contribution in [3.8, 4) is 11.5 Å². The van der Waals surface area contributed by atoms with E-state index < -0.39 is 4.92 Å². The number of benzene rings is 2. The number of thioether (sulfide) groups is 1. The van der Waals surface area contributed by atoms with E-state index in [1.807, 2.05) is 13.0 Å². The Morgan fingerprint density at radius 1 is 1.17 bits per heavy atom. The molecule has 7 nitrogen and oxygen atoms in total. The van der Waals surface area contributed by atoms with Crippen LogP contribution in [0.4, 0.5) is 5.69 Å². The van der Waals surface area contributed by atoms with Crippen molar-refractivity contribution in [2.45, 2.75) is 13.5 Å². The number of non-ortho nitro benzene ring substituents is 1. The molecule has 1 aliphatic rings. The normalized spacial score (nSPS) is 15.1. The number of carbonyl (C=O) groups excluding carboxylic acids is 1. The number of ether oxygens (including phenoxy) is 2. The summed E-state index contributed by atoms with van der Waals surface area (Å²) < 4.78 is 12.0. The summed E-state index contributed by atoms with van der Waals surface area (Å²) in [6, 6.07) is 11.6. The van der Waals surface area contributed by atoms with Gasteiger partial charge in [0, 0.05) is 19.2 Å². The summed E-state index contributed by atoms with van der Waals surface area (Å²) in [6.45, 7) is 2.56. The molecule has 1 aliphatic heterocycles. The van der Waals surface area contributed by atoms with Crippen molar-refractivity contribution in [2.24, 2.45) is 0 Å². The highest BCUT2D eigenvalue weighted by atomic mass is 32.2. The second kappa shape index (κ2) is 9.06. The molecule has 0 spiro atoms. The predicted octanol–water partition coefficient (Wildman–Crippen LogP) is 4.40. The Hall–Kier alpha value is -2.91. The molecule has 2 aromatic rings. The molecule has 1 amide bonds. The monoisotopic (exact) mass is 430 g/mol. The third-order valence-electron chi connectivity index (χ3n) is 4.09. The minimum absolute atomic E-state index is 0.0330. The van der Waals surface area contributed by atoms with Crippen LogP contribution in [0.2, 0.25) is 0 Å². The van der Waals surface area contributed by atoms with Crippen LogP contribution in [0.25, 0.3) is 6.08 Å². The molecule has 0 N–H and O–H groups in total. The van der Waals surface area contributed by atoms with Crippen molar-refractivity contribution < 1.29 is 19.2 Å². The smallest absolute Gasteiger partial charge is 0.269 e. The van der Waals surface area contributed by atoms with Gasteiger partial charge >= 0.3 is 0 Å². The second-order valence-electron chi connectivity index (χ2n) is 6.09. The molecule has 0 radical (unpaired) electrons. The zero-order valence-corrected chi connectivity index (χ0v) is 17.4. The van der Waals surface area contributed by atoms with Crippen LogP contribution < -0.4 is 9.47 Å². The Bertz CT molecular complexity index is 989. The van der Waals surface area contributed by atoms with Crippen molar-refractivity contribution in [1.82, 2.24) is 4.90 Å². The molecule has 9 heteroatoms. The lowest BCUT2D eigenvalue weighted by Gasteiger charge is -2.13. The van der Waals surface area contributed by atoms with Gasteiger partial charge in [0.05, 0.1) is 16.4 Å². The summed E-state index contributed by atoms with van der Waals surface area (Å²) in [6.07, 6.45) is 1.77. The lowest BCUT2D eigenvalue weighted by Crippen LogP contribution is -2.22.